The van der Waals surface area contributed by atoms with Crippen LogP contribution in [-0.4, -0.2) is 23.9 Å². The summed E-state index contributed by atoms with van der Waals surface area (Å²) in [7, 11) is 0. The van der Waals surface area contributed by atoms with Gasteiger partial charge in [-0.1, -0.05) is 24.3 Å². The van der Waals surface area contributed by atoms with Crippen LogP contribution in [-0.2, 0) is 0 Å². The van der Waals surface area contributed by atoms with E-state index in [0.717, 1.165) is 36.1 Å². The van der Waals surface area contributed by atoms with Crippen molar-refractivity contribution in [3.8, 4) is 0 Å². The number of carbonyl (C=O) groups is 1. The van der Waals surface area contributed by atoms with Crippen LogP contribution < -0.4 is 5.32 Å². The van der Waals surface area contributed by atoms with Gasteiger partial charge in [-0.25, -0.2) is 0 Å². The molecule has 0 radical (unpaired) electrons. The second-order valence-electron chi connectivity index (χ2n) is 5.02. The van der Waals surface area contributed by atoms with E-state index in [2.05, 4.69) is 16.4 Å². The smallest absolute Gasteiger partial charge is 0.186 e. The van der Waals surface area contributed by atoms with E-state index in [1.807, 2.05) is 37.3 Å². The van der Waals surface area contributed by atoms with Gasteiger partial charge in [0.2, 0.25) is 0 Å². The molecular weight excluding hydrogens is 236 g/mol. The molecule has 1 saturated heterocycles. The third kappa shape index (κ3) is 2.22. The number of Topliss-reactive ketones (excluding diaryl/α,β-unsaturated/α-hetero) is 1. The number of benzene rings is 1. The van der Waals surface area contributed by atoms with Crippen molar-refractivity contribution in [2.24, 2.45) is 5.92 Å². The highest BCUT2D eigenvalue weighted by Gasteiger charge is 2.26. The van der Waals surface area contributed by atoms with Gasteiger partial charge in [-0.05, 0) is 37.6 Å². The number of H-pyrrole nitrogens is 1. The van der Waals surface area contributed by atoms with Gasteiger partial charge in [-0.15, -0.1) is 0 Å². The van der Waals surface area contributed by atoms with Crippen molar-refractivity contribution in [3.63, 3.8) is 0 Å². The third-order valence-corrected chi connectivity index (χ3v) is 3.87. The zero-order valence-corrected chi connectivity index (χ0v) is 11.1. The standard InChI is InChI=1S/C16H18N2O/c1-2-11-10-17-8-7-13(11)16(19)15-9-12-5-3-4-6-14(12)18-15/h2-6,9,13,17-18H,7-8,10H2,1H3/b11-2-/t13-/m0/s1. The second kappa shape index (κ2) is 5.02. The van der Waals surface area contributed by atoms with E-state index in [4.69, 9.17) is 0 Å². The third-order valence-electron chi connectivity index (χ3n) is 3.87. The van der Waals surface area contributed by atoms with Crippen LogP contribution in [0.15, 0.2) is 42.0 Å². The number of ketones is 1. The first-order chi connectivity index (χ1) is 9.29. The lowest BCUT2D eigenvalue weighted by molar-refractivity contribution is 0.0922. The van der Waals surface area contributed by atoms with Gasteiger partial charge in [0.15, 0.2) is 5.78 Å². The molecule has 0 saturated carbocycles. The van der Waals surface area contributed by atoms with E-state index < -0.39 is 0 Å². The first-order valence-electron chi connectivity index (χ1n) is 6.77. The van der Waals surface area contributed by atoms with Crippen molar-refractivity contribution in [2.75, 3.05) is 13.1 Å². The molecule has 0 aliphatic carbocycles. The predicted molar refractivity (Wildman–Crippen MR) is 77.4 cm³/mol. The van der Waals surface area contributed by atoms with Crippen LogP contribution in [0.2, 0.25) is 0 Å². The highest BCUT2D eigenvalue weighted by atomic mass is 16.1. The number of allylic oxidation sites excluding steroid dienone is 1. The van der Waals surface area contributed by atoms with Crippen LogP contribution in [0.1, 0.15) is 23.8 Å². The molecule has 0 spiro atoms. The molecule has 1 aliphatic rings. The molecule has 98 valence electrons. The van der Waals surface area contributed by atoms with Crippen LogP contribution >= 0.6 is 0 Å². The number of hydrogen-bond acceptors (Lipinski definition) is 2. The van der Waals surface area contributed by atoms with E-state index in [0.29, 0.717) is 0 Å². The molecule has 0 unspecified atom stereocenters. The molecule has 3 heteroatoms. The fourth-order valence-electron chi connectivity index (χ4n) is 2.78. The van der Waals surface area contributed by atoms with E-state index in [1.54, 1.807) is 0 Å². The Kier molecular flexibility index (Phi) is 3.22. The lowest BCUT2D eigenvalue weighted by atomic mass is 9.87. The molecule has 1 atom stereocenters. The maximum absolute atomic E-state index is 12.6. The molecule has 3 rings (SSSR count). The minimum absolute atomic E-state index is 0.0271. The molecule has 19 heavy (non-hydrogen) atoms. The van der Waals surface area contributed by atoms with Crippen molar-refractivity contribution >= 4 is 16.7 Å². The average Bonchev–Trinajstić information content (AvgIpc) is 2.90. The lowest BCUT2D eigenvalue weighted by Gasteiger charge is -2.24. The van der Waals surface area contributed by atoms with Gasteiger partial charge in [0.05, 0.1) is 5.69 Å². The van der Waals surface area contributed by atoms with E-state index in [9.17, 15) is 4.79 Å². The molecule has 1 aromatic carbocycles. The Hall–Kier alpha value is -1.87. The summed E-state index contributed by atoms with van der Waals surface area (Å²) >= 11 is 0. The summed E-state index contributed by atoms with van der Waals surface area (Å²) in [5.41, 5.74) is 2.96. The summed E-state index contributed by atoms with van der Waals surface area (Å²) in [5.74, 6) is 0.241. The van der Waals surface area contributed by atoms with Crippen LogP contribution in [0, 0.1) is 5.92 Å². The van der Waals surface area contributed by atoms with Crippen LogP contribution in [0.4, 0.5) is 0 Å². The van der Waals surface area contributed by atoms with Crippen molar-refractivity contribution in [1.29, 1.82) is 0 Å². The zero-order chi connectivity index (χ0) is 13.2. The Morgan fingerprint density at radius 1 is 1.37 bits per heavy atom. The largest absolute Gasteiger partial charge is 0.352 e. The molecular formula is C16H18N2O. The predicted octanol–water partition coefficient (Wildman–Crippen LogP) is 2.91. The van der Waals surface area contributed by atoms with E-state index >= 15 is 0 Å². The average molecular weight is 254 g/mol. The van der Waals surface area contributed by atoms with Crippen molar-refractivity contribution < 1.29 is 4.79 Å². The number of rotatable bonds is 2. The Bertz CT molecular complexity index is 606. The summed E-state index contributed by atoms with van der Waals surface area (Å²) in [5, 5.41) is 4.42. The first kappa shape index (κ1) is 12.2. The number of piperidine rings is 1. The molecule has 3 nitrogen and oxygen atoms in total. The number of aromatic amines is 1. The molecule has 1 aliphatic heterocycles. The fraction of sp³-hybridized carbons (Fsp3) is 0.312. The number of aromatic nitrogens is 1. The Morgan fingerprint density at radius 2 is 2.21 bits per heavy atom. The number of hydrogen-bond donors (Lipinski definition) is 2. The number of para-hydroxylation sites is 1. The topological polar surface area (TPSA) is 44.9 Å². The van der Waals surface area contributed by atoms with Crippen LogP contribution in [0.3, 0.4) is 0 Å². The van der Waals surface area contributed by atoms with Gasteiger partial charge in [0.25, 0.3) is 0 Å². The van der Waals surface area contributed by atoms with Crippen molar-refractivity contribution in [3.05, 3.63) is 47.7 Å². The Labute approximate surface area is 112 Å². The summed E-state index contributed by atoms with van der Waals surface area (Å²) in [6.07, 6.45) is 2.95. The molecule has 2 heterocycles. The van der Waals surface area contributed by atoms with Gasteiger partial charge in [0, 0.05) is 23.4 Å². The molecule has 0 amide bonds. The quantitative estimate of drug-likeness (QED) is 0.639. The molecule has 1 fully saturated rings. The van der Waals surface area contributed by atoms with Gasteiger partial charge in [-0.3, -0.25) is 4.79 Å². The summed E-state index contributed by atoms with van der Waals surface area (Å²) in [4.78, 5) is 15.9. The van der Waals surface area contributed by atoms with E-state index in [1.165, 1.54) is 5.57 Å². The fourth-order valence-corrected chi connectivity index (χ4v) is 2.78. The van der Waals surface area contributed by atoms with Gasteiger partial charge in [-0.2, -0.15) is 0 Å². The van der Waals surface area contributed by atoms with Gasteiger partial charge >= 0.3 is 0 Å². The first-order valence-corrected chi connectivity index (χ1v) is 6.77. The van der Waals surface area contributed by atoms with Gasteiger partial charge in [0.1, 0.15) is 0 Å². The highest BCUT2D eigenvalue weighted by molar-refractivity contribution is 6.02. The Balaban J connectivity index is 1.94. The second-order valence-corrected chi connectivity index (χ2v) is 5.02. The Morgan fingerprint density at radius 3 is 3.00 bits per heavy atom. The number of nitrogens with one attached hydrogen (secondary N) is 2. The SMILES string of the molecule is C/C=C1/CNCC[C@@H]1C(=O)c1cc2ccccc2[nH]1. The lowest BCUT2D eigenvalue weighted by Crippen LogP contribution is -2.34. The number of carbonyl (C=O) groups excluding carboxylic acids is 1. The minimum atomic E-state index is 0.0271. The van der Waals surface area contributed by atoms with Crippen LogP contribution in [0.5, 0.6) is 0 Å². The summed E-state index contributed by atoms with van der Waals surface area (Å²) in [6, 6.07) is 9.97. The van der Waals surface area contributed by atoms with Gasteiger partial charge < -0.3 is 10.3 Å². The molecule has 1 aromatic heterocycles. The van der Waals surface area contributed by atoms with E-state index in [-0.39, 0.29) is 11.7 Å². The zero-order valence-electron chi connectivity index (χ0n) is 11.1. The molecule has 0 bridgehead atoms. The van der Waals surface area contributed by atoms with Crippen LogP contribution in [0.25, 0.3) is 10.9 Å². The maximum Gasteiger partial charge on any atom is 0.186 e. The number of fused-ring (bicyclic) bond motifs is 1. The summed E-state index contributed by atoms with van der Waals surface area (Å²) < 4.78 is 0. The van der Waals surface area contributed by atoms with Crippen molar-refractivity contribution in [2.45, 2.75) is 13.3 Å². The normalized spacial score (nSPS) is 21.9. The molecule has 2 aromatic rings. The minimum Gasteiger partial charge on any atom is -0.352 e. The summed E-state index contributed by atoms with van der Waals surface area (Å²) in [6.45, 7) is 3.74. The maximum atomic E-state index is 12.6. The highest BCUT2D eigenvalue weighted by Crippen LogP contribution is 2.24. The van der Waals surface area contributed by atoms with Crippen molar-refractivity contribution in [1.82, 2.24) is 10.3 Å². The molecule has 2 N–H and O–H groups in total. The monoisotopic (exact) mass is 254 g/mol.